The first-order valence-electron chi connectivity index (χ1n) is 10.6. The molecule has 0 unspecified atom stereocenters. The maximum atomic E-state index is 13.2. The Morgan fingerprint density at radius 3 is 2.30 bits per heavy atom. The van der Waals surface area contributed by atoms with Crippen LogP contribution in [0.4, 0.5) is 0 Å². The van der Waals surface area contributed by atoms with Crippen LogP contribution in [-0.4, -0.2) is 36.9 Å². The second kappa shape index (κ2) is 8.64. The number of fused-ring (bicyclic) bond motifs is 1. The fraction of sp³-hybridized carbons (Fsp3) is 0.375. The van der Waals surface area contributed by atoms with Crippen LogP contribution >= 0.6 is 0 Å². The van der Waals surface area contributed by atoms with Crippen molar-refractivity contribution in [3.8, 4) is 0 Å². The highest BCUT2D eigenvalue weighted by molar-refractivity contribution is 7.90. The largest absolute Gasteiger partial charge is 0.341 e. The molecule has 0 bridgehead atoms. The lowest BCUT2D eigenvalue weighted by molar-refractivity contribution is -0.131. The molecular weight excluding hydrogens is 396 g/mol. The number of sulfone groups is 1. The lowest BCUT2D eigenvalue weighted by Gasteiger charge is -2.20. The van der Waals surface area contributed by atoms with Gasteiger partial charge in [0.1, 0.15) is 6.54 Å². The predicted molar refractivity (Wildman–Crippen MR) is 119 cm³/mol. The molecule has 5 nitrogen and oxygen atoms in total. The van der Waals surface area contributed by atoms with Crippen LogP contribution in [0, 0.1) is 6.92 Å². The molecule has 1 aromatic heterocycles. The average molecular weight is 425 g/mol. The van der Waals surface area contributed by atoms with Crippen LogP contribution in [0.3, 0.4) is 0 Å². The van der Waals surface area contributed by atoms with Gasteiger partial charge in [0, 0.05) is 30.2 Å². The molecule has 0 N–H and O–H groups in total. The van der Waals surface area contributed by atoms with Crippen molar-refractivity contribution >= 4 is 26.6 Å². The average Bonchev–Trinajstić information content (AvgIpc) is 2.90. The van der Waals surface area contributed by atoms with Gasteiger partial charge in [0.15, 0.2) is 9.84 Å². The van der Waals surface area contributed by atoms with Crippen LogP contribution in [0.5, 0.6) is 0 Å². The minimum Gasteiger partial charge on any atom is -0.341 e. The standard InChI is InChI=1S/C24H28N2O3S/c1-19-10-12-20(13-11-19)18-30(28,29)23-16-26(22-9-5-4-8-21(22)23)17-24(27)25-14-6-2-3-7-15-25/h4-5,8-13,16H,2-3,6-7,14-15,17-18H2,1H3. The summed E-state index contributed by atoms with van der Waals surface area (Å²) in [7, 11) is -3.54. The van der Waals surface area contributed by atoms with Crippen molar-refractivity contribution in [2.75, 3.05) is 13.1 Å². The Bertz CT molecular complexity index is 1140. The van der Waals surface area contributed by atoms with Crippen LogP contribution in [0.1, 0.15) is 36.8 Å². The number of nitrogens with zero attached hydrogens (tertiary/aromatic N) is 2. The molecule has 1 saturated heterocycles. The van der Waals surface area contributed by atoms with E-state index in [2.05, 4.69) is 0 Å². The zero-order valence-electron chi connectivity index (χ0n) is 17.4. The number of hydrogen-bond acceptors (Lipinski definition) is 3. The molecule has 0 saturated carbocycles. The van der Waals surface area contributed by atoms with E-state index in [-0.39, 0.29) is 18.2 Å². The van der Waals surface area contributed by atoms with Gasteiger partial charge < -0.3 is 9.47 Å². The number of para-hydroxylation sites is 1. The third-order valence-corrected chi connectivity index (χ3v) is 7.54. The highest BCUT2D eigenvalue weighted by Crippen LogP contribution is 2.28. The van der Waals surface area contributed by atoms with E-state index >= 15 is 0 Å². The van der Waals surface area contributed by atoms with E-state index in [1.165, 1.54) is 0 Å². The molecule has 2 aromatic carbocycles. The molecule has 3 aromatic rings. The van der Waals surface area contributed by atoms with Gasteiger partial charge >= 0.3 is 0 Å². The Labute approximate surface area is 178 Å². The third-order valence-electron chi connectivity index (χ3n) is 5.83. The fourth-order valence-corrected chi connectivity index (χ4v) is 5.72. The predicted octanol–water partition coefficient (Wildman–Crippen LogP) is 4.33. The SMILES string of the molecule is Cc1ccc(CS(=O)(=O)c2cn(CC(=O)N3CCCCCC3)c3ccccc23)cc1. The molecule has 30 heavy (non-hydrogen) atoms. The Balaban J connectivity index is 1.64. The van der Waals surface area contributed by atoms with Gasteiger partial charge in [0.25, 0.3) is 0 Å². The van der Waals surface area contributed by atoms with Crippen LogP contribution < -0.4 is 0 Å². The van der Waals surface area contributed by atoms with Gasteiger partial charge in [-0.3, -0.25) is 4.79 Å². The summed E-state index contributed by atoms with van der Waals surface area (Å²) < 4.78 is 28.3. The minimum atomic E-state index is -3.54. The zero-order chi connectivity index (χ0) is 21.1. The van der Waals surface area contributed by atoms with E-state index in [1.54, 1.807) is 10.8 Å². The molecule has 2 heterocycles. The van der Waals surface area contributed by atoms with E-state index in [4.69, 9.17) is 0 Å². The molecule has 158 valence electrons. The number of benzene rings is 2. The molecule has 0 spiro atoms. The summed E-state index contributed by atoms with van der Waals surface area (Å²) in [4.78, 5) is 15.1. The van der Waals surface area contributed by atoms with E-state index < -0.39 is 9.84 Å². The number of rotatable bonds is 5. The summed E-state index contributed by atoms with van der Waals surface area (Å²) >= 11 is 0. The first-order valence-corrected chi connectivity index (χ1v) is 12.2. The van der Waals surface area contributed by atoms with E-state index in [9.17, 15) is 13.2 Å². The first kappa shape index (κ1) is 20.7. The first-order chi connectivity index (χ1) is 14.4. The van der Waals surface area contributed by atoms with Gasteiger partial charge in [-0.15, -0.1) is 0 Å². The van der Waals surface area contributed by atoms with Gasteiger partial charge in [0.2, 0.25) is 5.91 Å². The Morgan fingerprint density at radius 2 is 1.60 bits per heavy atom. The molecule has 0 radical (unpaired) electrons. The Hall–Kier alpha value is -2.60. The number of hydrogen-bond donors (Lipinski definition) is 0. The van der Waals surface area contributed by atoms with Crippen molar-refractivity contribution in [2.24, 2.45) is 0 Å². The summed E-state index contributed by atoms with van der Waals surface area (Å²) in [5, 5.41) is 0.674. The summed E-state index contributed by atoms with van der Waals surface area (Å²) in [6.45, 7) is 3.72. The molecule has 1 aliphatic heterocycles. The van der Waals surface area contributed by atoms with E-state index in [1.807, 2.05) is 60.4 Å². The molecule has 0 atom stereocenters. The van der Waals surface area contributed by atoms with Crippen LogP contribution in [0.15, 0.2) is 59.6 Å². The highest BCUT2D eigenvalue weighted by atomic mass is 32.2. The molecule has 1 aliphatic rings. The molecule has 1 fully saturated rings. The summed E-state index contributed by atoms with van der Waals surface area (Å²) in [6, 6.07) is 15.0. The van der Waals surface area contributed by atoms with Crippen molar-refractivity contribution < 1.29 is 13.2 Å². The number of aromatic nitrogens is 1. The van der Waals surface area contributed by atoms with Crippen molar-refractivity contribution in [3.63, 3.8) is 0 Å². The number of likely N-dealkylation sites (tertiary alicyclic amines) is 1. The molecule has 1 amide bonds. The van der Waals surface area contributed by atoms with Gasteiger partial charge in [-0.05, 0) is 31.4 Å². The quantitative estimate of drug-likeness (QED) is 0.613. The maximum absolute atomic E-state index is 13.2. The van der Waals surface area contributed by atoms with Gasteiger partial charge in [-0.2, -0.15) is 0 Å². The van der Waals surface area contributed by atoms with E-state index in [0.29, 0.717) is 10.3 Å². The number of carbonyl (C=O) groups excluding carboxylic acids is 1. The van der Waals surface area contributed by atoms with Gasteiger partial charge in [-0.25, -0.2) is 8.42 Å². The smallest absolute Gasteiger partial charge is 0.242 e. The Kier molecular flexibility index (Phi) is 5.95. The third kappa shape index (κ3) is 4.43. The molecule has 6 heteroatoms. The lowest BCUT2D eigenvalue weighted by atomic mass is 10.2. The maximum Gasteiger partial charge on any atom is 0.242 e. The second-order valence-corrected chi connectivity index (χ2v) is 10.1. The molecule has 0 aliphatic carbocycles. The highest BCUT2D eigenvalue weighted by Gasteiger charge is 2.23. The van der Waals surface area contributed by atoms with E-state index in [0.717, 1.165) is 55.4 Å². The second-order valence-electron chi connectivity index (χ2n) is 8.18. The number of amides is 1. The van der Waals surface area contributed by atoms with Crippen LogP contribution in [0.2, 0.25) is 0 Å². The minimum absolute atomic E-state index is 0.0542. The summed E-state index contributed by atoms with van der Waals surface area (Å²) in [5.41, 5.74) is 2.64. The normalized spacial score (nSPS) is 15.3. The molecular formula is C24H28N2O3S. The van der Waals surface area contributed by atoms with Crippen LogP contribution in [0.25, 0.3) is 10.9 Å². The zero-order valence-corrected chi connectivity index (χ0v) is 18.2. The number of aryl methyl sites for hydroxylation is 1. The monoisotopic (exact) mass is 424 g/mol. The van der Waals surface area contributed by atoms with Crippen molar-refractivity contribution in [1.82, 2.24) is 9.47 Å². The summed E-state index contributed by atoms with van der Waals surface area (Å²) in [5.74, 6) is 0.00147. The Morgan fingerprint density at radius 1 is 0.933 bits per heavy atom. The van der Waals surface area contributed by atoms with Gasteiger partial charge in [0.05, 0.1) is 10.6 Å². The van der Waals surface area contributed by atoms with Crippen molar-refractivity contribution in [3.05, 3.63) is 65.9 Å². The number of carbonyl (C=O) groups is 1. The molecule has 4 rings (SSSR count). The van der Waals surface area contributed by atoms with Crippen molar-refractivity contribution in [2.45, 2.75) is 49.8 Å². The van der Waals surface area contributed by atoms with Crippen LogP contribution in [-0.2, 0) is 26.9 Å². The topological polar surface area (TPSA) is 59.4 Å². The lowest BCUT2D eigenvalue weighted by Crippen LogP contribution is -2.34. The van der Waals surface area contributed by atoms with Gasteiger partial charge in [-0.1, -0.05) is 60.9 Å². The van der Waals surface area contributed by atoms with Crippen molar-refractivity contribution in [1.29, 1.82) is 0 Å². The fourth-order valence-electron chi connectivity index (χ4n) is 4.14. The summed E-state index contributed by atoms with van der Waals surface area (Å²) in [6.07, 6.45) is 6.04.